The molecule has 0 bridgehead atoms. The molecular formula is C18H20N2O3. The number of hydrogen-bond acceptors (Lipinski definition) is 3. The molecule has 1 aromatic heterocycles. The van der Waals surface area contributed by atoms with Crippen molar-refractivity contribution in [1.29, 1.82) is 0 Å². The number of benzene rings is 1. The Morgan fingerprint density at radius 1 is 1.22 bits per heavy atom. The van der Waals surface area contributed by atoms with Gasteiger partial charge in [0.15, 0.2) is 5.76 Å². The van der Waals surface area contributed by atoms with Crippen molar-refractivity contribution < 1.29 is 14.0 Å². The fourth-order valence-corrected chi connectivity index (χ4v) is 2.88. The zero-order valence-corrected chi connectivity index (χ0v) is 13.1. The number of likely N-dealkylation sites (tertiary alicyclic amines) is 1. The second-order valence-corrected chi connectivity index (χ2v) is 5.87. The van der Waals surface area contributed by atoms with Gasteiger partial charge in [-0.2, -0.15) is 0 Å². The average molecular weight is 312 g/mol. The Kier molecular flexibility index (Phi) is 4.46. The third-order valence-corrected chi connectivity index (χ3v) is 4.21. The quantitative estimate of drug-likeness (QED) is 0.947. The van der Waals surface area contributed by atoms with Crippen LogP contribution in [0.15, 0.2) is 47.1 Å². The molecule has 1 aromatic carbocycles. The molecule has 1 saturated heterocycles. The molecule has 0 radical (unpaired) electrons. The SMILES string of the molecule is Cc1ccccc1NC(=O)[C@H]1CCCN(C(=O)c2ccco2)C1. The number of carbonyl (C=O) groups is 2. The summed E-state index contributed by atoms with van der Waals surface area (Å²) in [5, 5.41) is 2.97. The van der Waals surface area contributed by atoms with E-state index in [1.54, 1.807) is 17.0 Å². The molecule has 1 N–H and O–H groups in total. The van der Waals surface area contributed by atoms with E-state index in [1.165, 1.54) is 6.26 Å². The fourth-order valence-electron chi connectivity index (χ4n) is 2.88. The highest BCUT2D eigenvalue weighted by molar-refractivity contribution is 5.95. The molecule has 1 atom stereocenters. The number of para-hydroxylation sites is 1. The Balaban J connectivity index is 1.65. The van der Waals surface area contributed by atoms with E-state index in [-0.39, 0.29) is 17.7 Å². The van der Waals surface area contributed by atoms with Crippen molar-refractivity contribution in [2.24, 2.45) is 5.92 Å². The first-order chi connectivity index (χ1) is 11.1. The van der Waals surface area contributed by atoms with Gasteiger partial charge < -0.3 is 14.6 Å². The second-order valence-electron chi connectivity index (χ2n) is 5.87. The Hall–Kier alpha value is -2.56. The summed E-state index contributed by atoms with van der Waals surface area (Å²) < 4.78 is 5.16. The lowest BCUT2D eigenvalue weighted by Gasteiger charge is -2.31. The number of nitrogens with one attached hydrogen (secondary N) is 1. The molecule has 2 heterocycles. The highest BCUT2D eigenvalue weighted by atomic mass is 16.3. The van der Waals surface area contributed by atoms with Crippen molar-refractivity contribution in [2.45, 2.75) is 19.8 Å². The van der Waals surface area contributed by atoms with Crippen LogP contribution >= 0.6 is 0 Å². The molecule has 1 fully saturated rings. The number of piperidine rings is 1. The summed E-state index contributed by atoms with van der Waals surface area (Å²) in [6.07, 6.45) is 3.09. The maximum atomic E-state index is 12.5. The maximum Gasteiger partial charge on any atom is 0.289 e. The van der Waals surface area contributed by atoms with Crippen molar-refractivity contribution in [3.05, 3.63) is 54.0 Å². The van der Waals surface area contributed by atoms with Crippen LogP contribution in [-0.2, 0) is 4.79 Å². The summed E-state index contributed by atoms with van der Waals surface area (Å²) in [4.78, 5) is 26.5. The summed E-state index contributed by atoms with van der Waals surface area (Å²) in [5.41, 5.74) is 1.85. The summed E-state index contributed by atoms with van der Waals surface area (Å²) in [6, 6.07) is 11.0. The number of anilines is 1. The van der Waals surface area contributed by atoms with Crippen LogP contribution in [-0.4, -0.2) is 29.8 Å². The monoisotopic (exact) mass is 312 g/mol. The predicted molar refractivity (Wildman–Crippen MR) is 87.1 cm³/mol. The average Bonchev–Trinajstić information content (AvgIpc) is 3.11. The largest absolute Gasteiger partial charge is 0.459 e. The number of nitrogens with zero attached hydrogens (tertiary/aromatic N) is 1. The first-order valence-corrected chi connectivity index (χ1v) is 7.84. The topological polar surface area (TPSA) is 62.6 Å². The smallest absolute Gasteiger partial charge is 0.289 e. The van der Waals surface area contributed by atoms with Crippen molar-refractivity contribution in [3.63, 3.8) is 0 Å². The van der Waals surface area contributed by atoms with Gasteiger partial charge in [0, 0.05) is 18.8 Å². The number of amides is 2. The number of hydrogen-bond donors (Lipinski definition) is 1. The van der Waals surface area contributed by atoms with Gasteiger partial charge in [0.05, 0.1) is 12.2 Å². The van der Waals surface area contributed by atoms with Gasteiger partial charge in [-0.15, -0.1) is 0 Å². The third-order valence-electron chi connectivity index (χ3n) is 4.21. The molecule has 120 valence electrons. The second kappa shape index (κ2) is 6.69. The molecule has 2 amide bonds. The van der Waals surface area contributed by atoms with E-state index in [0.29, 0.717) is 18.8 Å². The Labute approximate surface area is 135 Å². The zero-order valence-electron chi connectivity index (χ0n) is 13.1. The molecule has 1 aliphatic rings. The van der Waals surface area contributed by atoms with Gasteiger partial charge in [0.1, 0.15) is 0 Å². The van der Waals surface area contributed by atoms with E-state index in [1.807, 2.05) is 31.2 Å². The molecule has 2 aromatic rings. The molecule has 23 heavy (non-hydrogen) atoms. The number of rotatable bonds is 3. The van der Waals surface area contributed by atoms with Crippen molar-refractivity contribution in [2.75, 3.05) is 18.4 Å². The summed E-state index contributed by atoms with van der Waals surface area (Å²) in [7, 11) is 0. The molecule has 5 heteroatoms. The van der Waals surface area contributed by atoms with E-state index < -0.39 is 0 Å². The van der Waals surface area contributed by atoms with Crippen molar-refractivity contribution in [3.8, 4) is 0 Å². The molecule has 5 nitrogen and oxygen atoms in total. The minimum atomic E-state index is -0.192. The standard InChI is InChI=1S/C18H20N2O3/c1-13-6-2-3-8-15(13)19-17(21)14-7-4-10-20(12-14)18(22)16-9-5-11-23-16/h2-3,5-6,8-9,11,14H,4,7,10,12H2,1H3,(H,19,21)/t14-/m0/s1. The lowest BCUT2D eigenvalue weighted by molar-refractivity contribution is -0.121. The van der Waals surface area contributed by atoms with Crippen molar-refractivity contribution in [1.82, 2.24) is 4.90 Å². The molecular weight excluding hydrogens is 292 g/mol. The first-order valence-electron chi connectivity index (χ1n) is 7.84. The van der Waals surface area contributed by atoms with Crippen LogP contribution in [0, 0.1) is 12.8 Å². The van der Waals surface area contributed by atoms with E-state index in [9.17, 15) is 9.59 Å². The van der Waals surface area contributed by atoms with Crippen LogP contribution in [0.25, 0.3) is 0 Å². The molecule has 0 spiro atoms. The van der Waals surface area contributed by atoms with Crippen LogP contribution in [0.4, 0.5) is 5.69 Å². The van der Waals surface area contributed by atoms with Crippen LogP contribution in [0.1, 0.15) is 29.0 Å². The lowest BCUT2D eigenvalue weighted by Crippen LogP contribution is -2.43. The first kappa shape index (κ1) is 15.3. The van der Waals surface area contributed by atoms with Gasteiger partial charge in [-0.3, -0.25) is 9.59 Å². The molecule has 3 rings (SSSR count). The highest BCUT2D eigenvalue weighted by Gasteiger charge is 2.30. The maximum absolute atomic E-state index is 12.5. The van der Waals surface area contributed by atoms with Gasteiger partial charge in [0.25, 0.3) is 5.91 Å². The van der Waals surface area contributed by atoms with Gasteiger partial charge in [-0.25, -0.2) is 0 Å². The van der Waals surface area contributed by atoms with Crippen LogP contribution in [0.2, 0.25) is 0 Å². The lowest BCUT2D eigenvalue weighted by atomic mass is 9.96. The third kappa shape index (κ3) is 3.44. The van der Waals surface area contributed by atoms with E-state index in [2.05, 4.69) is 5.32 Å². The predicted octanol–water partition coefficient (Wildman–Crippen LogP) is 3.08. The molecule has 0 unspecified atom stereocenters. The summed E-state index contributed by atoms with van der Waals surface area (Å²) in [6.45, 7) is 3.05. The minimum absolute atomic E-state index is 0.0313. The minimum Gasteiger partial charge on any atom is -0.459 e. The van der Waals surface area contributed by atoms with Crippen LogP contribution < -0.4 is 5.32 Å². The zero-order chi connectivity index (χ0) is 16.2. The van der Waals surface area contributed by atoms with E-state index >= 15 is 0 Å². The molecule has 0 saturated carbocycles. The van der Waals surface area contributed by atoms with Crippen molar-refractivity contribution >= 4 is 17.5 Å². The molecule has 0 aliphatic carbocycles. The van der Waals surface area contributed by atoms with Gasteiger partial charge in [-0.1, -0.05) is 18.2 Å². The summed E-state index contributed by atoms with van der Waals surface area (Å²) >= 11 is 0. The molecule has 1 aliphatic heterocycles. The van der Waals surface area contributed by atoms with Crippen LogP contribution in [0.3, 0.4) is 0 Å². The Bertz CT molecular complexity index is 694. The fraction of sp³-hybridized carbons (Fsp3) is 0.333. The van der Waals surface area contributed by atoms with Gasteiger partial charge in [-0.05, 0) is 43.5 Å². The highest BCUT2D eigenvalue weighted by Crippen LogP contribution is 2.21. The Morgan fingerprint density at radius 2 is 2.04 bits per heavy atom. The summed E-state index contributed by atoms with van der Waals surface area (Å²) in [5.74, 6) is -0.0492. The number of aryl methyl sites for hydroxylation is 1. The Morgan fingerprint density at radius 3 is 2.78 bits per heavy atom. The number of furan rings is 1. The van der Waals surface area contributed by atoms with E-state index in [4.69, 9.17) is 4.42 Å². The van der Waals surface area contributed by atoms with Gasteiger partial charge >= 0.3 is 0 Å². The number of carbonyl (C=O) groups excluding carboxylic acids is 2. The van der Waals surface area contributed by atoms with E-state index in [0.717, 1.165) is 24.1 Å². The van der Waals surface area contributed by atoms with Crippen LogP contribution in [0.5, 0.6) is 0 Å². The van der Waals surface area contributed by atoms with Gasteiger partial charge in [0.2, 0.25) is 5.91 Å². The normalized spacial score (nSPS) is 17.8.